The number of carbonyl (C=O) groups excluding carboxylic acids is 1. The summed E-state index contributed by atoms with van der Waals surface area (Å²) in [5.74, 6) is 2.36. The van der Waals surface area contributed by atoms with Gasteiger partial charge in [-0.25, -0.2) is 0 Å². The summed E-state index contributed by atoms with van der Waals surface area (Å²) < 4.78 is 19.7. The standard InChI is InChI=1S/C30H27ClN2O4/c1-18-29-21(16-33(17-36-29)11-10-19-4-6-22(31)7-5-19)12-25-28(34)27(37-30(18)25)13-20-15-32(2)26-9-8-23(35-3)14-24(20)26/h4-9,12-15H,10-11,16-17H2,1-3H3/b27-13-. The first-order chi connectivity index (χ1) is 17.9. The lowest BCUT2D eigenvalue weighted by Gasteiger charge is -2.30. The number of aromatic nitrogens is 1. The van der Waals surface area contributed by atoms with E-state index in [4.69, 9.17) is 25.8 Å². The number of Topliss-reactive ketones (excluding diaryl/α,β-unsaturated/α-hetero) is 1. The van der Waals surface area contributed by atoms with Crippen molar-refractivity contribution in [1.29, 1.82) is 0 Å². The molecule has 0 spiro atoms. The van der Waals surface area contributed by atoms with E-state index in [-0.39, 0.29) is 5.78 Å². The first-order valence-corrected chi connectivity index (χ1v) is 12.6. The van der Waals surface area contributed by atoms with Gasteiger partial charge >= 0.3 is 0 Å². The zero-order valence-corrected chi connectivity index (χ0v) is 21.8. The van der Waals surface area contributed by atoms with Crippen molar-refractivity contribution in [3.8, 4) is 17.2 Å². The van der Waals surface area contributed by atoms with Gasteiger partial charge in [-0.2, -0.15) is 0 Å². The number of methoxy groups -OCH3 is 1. The summed E-state index contributed by atoms with van der Waals surface area (Å²) >= 11 is 6.01. The van der Waals surface area contributed by atoms with Crippen LogP contribution in [0.1, 0.15) is 32.6 Å². The number of ether oxygens (including phenoxy) is 3. The zero-order chi connectivity index (χ0) is 25.7. The Morgan fingerprint density at radius 3 is 2.70 bits per heavy atom. The maximum Gasteiger partial charge on any atom is 0.231 e. The smallest absolute Gasteiger partial charge is 0.231 e. The fourth-order valence-electron chi connectivity index (χ4n) is 5.16. The first kappa shape index (κ1) is 23.6. The topological polar surface area (TPSA) is 52.9 Å². The number of hydrogen-bond donors (Lipinski definition) is 0. The second kappa shape index (κ2) is 9.29. The molecule has 0 unspecified atom stereocenters. The van der Waals surface area contributed by atoms with Gasteiger partial charge in [0.05, 0.1) is 12.7 Å². The van der Waals surface area contributed by atoms with Gasteiger partial charge in [0.15, 0.2) is 5.76 Å². The number of benzene rings is 3. The molecule has 0 saturated carbocycles. The maximum atomic E-state index is 13.4. The van der Waals surface area contributed by atoms with Crippen molar-refractivity contribution in [2.24, 2.45) is 7.05 Å². The molecule has 0 N–H and O–H groups in total. The van der Waals surface area contributed by atoms with Gasteiger partial charge in [0.1, 0.15) is 24.0 Å². The Labute approximate surface area is 220 Å². The van der Waals surface area contributed by atoms with Crippen LogP contribution in [0.5, 0.6) is 17.2 Å². The minimum absolute atomic E-state index is 0.112. The fourth-order valence-corrected chi connectivity index (χ4v) is 5.29. The molecule has 6 rings (SSSR count). The fraction of sp³-hybridized carbons (Fsp3) is 0.233. The Hall–Kier alpha value is -3.74. The van der Waals surface area contributed by atoms with E-state index < -0.39 is 0 Å². The van der Waals surface area contributed by atoms with Crippen molar-refractivity contribution >= 4 is 34.4 Å². The molecule has 7 heteroatoms. The van der Waals surface area contributed by atoms with Crippen LogP contribution in [-0.2, 0) is 20.0 Å². The van der Waals surface area contributed by atoms with Gasteiger partial charge in [-0.05, 0) is 61.4 Å². The van der Waals surface area contributed by atoms with E-state index in [1.165, 1.54) is 5.56 Å². The molecule has 0 fully saturated rings. The van der Waals surface area contributed by atoms with Gasteiger partial charge < -0.3 is 18.8 Å². The molecule has 4 aromatic rings. The number of aryl methyl sites for hydroxylation is 1. The van der Waals surface area contributed by atoms with E-state index in [2.05, 4.69) is 4.90 Å². The minimum Gasteiger partial charge on any atom is -0.497 e. The van der Waals surface area contributed by atoms with E-state index in [1.807, 2.05) is 79.3 Å². The van der Waals surface area contributed by atoms with Gasteiger partial charge in [-0.1, -0.05) is 23.7 Å². The number of rotatable bonds is 5. The summed E-state index contributed by atoms with van der Waals surface area (Å²) in [6.07, 6.45) is 4.71. The monoisotopic (exact) mass is 514 g/mol. The first-order valence-electron chi connectivity index (χ1n) is 12.2. The number of fused-ring (bicyclic) bond motifs is 3. The molecule has 0 aliphatic carbocycles. The highest BCUT2D eigenvalue weighted by Gasteiger charge is 2.33. The van der Waals surface area contributed by atoms with Crippen LogP contribution < -0.4 is 14.2 Å². The normalized spacial score (nSPS) is 16.0. The number of ketones is 1. The van der Waals surface area contributed by atoms with Crippen molar-refractivity contribution in [3.05, 3.63) is 93.3 Å². The number of nitrogens with zero attached hydrogens (tertiary/aromatic N) is 2. The Kier molecular flexibility index (Phi) is 5.94. The van der Waals surface area contributed by atoms with E-state index >= 15 is 0 Å². The van der Waals surface area contributed by atoms with Crippen molar-refractivity contribution in [3.63, 3.8) is 0 Å². The minimum atomic E-state index is -0.112. The molecule has 2 aliphatic heterocycles. The summed E-state index contributed by atoms with van der Waals surface area (Å²) in [7, 11) is 3.63. The zero-order valence-electron chi connectivity index (χ0n) is 21.0. The van der Waals surface area contributed by atoms with E-state index in [0.29, 0.717) is 30.3 Å². The third kappa shape index (κ3) is 4.26. The van der Waals surface area contributed by atoms with Gasteiger partial charge in [0.25, 0.3) is 0 Å². The molecule has 3 heterocycles. The van der Waals surface area contributed by atoms with E-state index in [9.17, 15) is 4.79 Å². The second-order valence-electron chi connectivity index (χ2n) is 9.59. The van der Waals surface area contributed by atoms with Crippen LogP contribution >= 0.6 is 11.6 Å². The van der Waals surface area contributed by atoms with Gasteiger partial charge in [0, 0.05) is 58.9 Å². The largest absolute Gasteiger partial charge is 0.497 e. The molecular weight excluding hydrogens is 488 g/mol. The lowest BCUT2D eigenvalue weighted by molar-refractivity contribution is 0.0954. The predicted molar refractivity (Wildman–Crippen MR) is 145 cm³/mol. The van der Waals surface area contributed by atoms with E-state index in [0.717, 1.165) is 57.1 Å². The van der Waals surface area contributed by atoms with Gasteiger partial charge in [-0.3, -0.25) is 9.69 Å². The van der Waals surface area contributed by atoms with Crippen molar-refractivity contribution in [1.82, 2.24) is 9.47 Å². The van der Waals surface area contributed by atoms with Gasteiger partial charge in [-0.15, -0.1) is 0 Å². The summed E-state index contributed by atoms with van der Waals surface area (Å²) in [5, 5.41) is 1.74. The molecule has 1 aromatic heterocycles. The SMILES string of the molecule is COc1ccc2c(c1)c(/C=C1\Oc3c(cc4c(c3C)OCN(CCc3ccc(Cl)cc3)C4)C1=O)cn2C. The van der Waals surface area contributed by atoms with Crippen LogP contribution in [0.15, 0.2) is 60.5 Å². The molecule has 0 radical (unpaired) electrons. The lowest BCUT2D eigenvalue weighted by Crippen LogP contribution is -2.34. The second-order valence-corrected chi connectivity index (χ2v) is 10.0. The molecular formula is C30H27ClN2O4. The summed E-state index contributed by atoms with van der Waals surface area (Å²) in [4.78, 5) is 15.7. The molecule has 0 saturated heterocycles. The van der Waals surface area contributed by atoms with Crippen LogP contribution in [0.2, 0.25) is 5.02 Å². The van der Waals surface area contributed by atoms with Crippen LogP contribution in [0.4, 0.5) is 0 Å². The van der Waals surface area contributed by atoms with Crippen LogP contribution in [-0.4, -0.2) is 35.6 Å². The third-order valence-electron chi connectivity index (χ3n) is 7.15. The summed E-state index contributed by atoms with van der Waals surface area (Å²) in [5.41, 5.74) is 5.63. The Morgan fingerprint density at radius 1 is 1.11 bits per heavy atom. The summed E-state index contributed by atoms with van der Waals surface area (Å²) in [6, 6.07) is 15.8. The van der Waals surface area contributed by atoms with Crippen molar-refractivity contribution in [2.75, 3.05) is 20.4 Å². The molecule has 188 valence electrons. The molecule has 37 heavy (non-hydrogen) atoms. The summed E-state index contributed by atoms with van der Waals surface area (Å²) in [6.45, 7) is 4.01. The number of carbonyl (C=O) groups is 1. The quantitative estimate of drug-likeness (QED) is 0.299. The van der Waals surface area contributed by atoms with Crippen LogP contribution in [0, 0.1) is 6.92 Å². The Balaban J connectivity index is 1.26. The molecule has 3 aromatic carbocycles. The Morgan fingerprint density at radius 2 is 1.92 bits per heavy atom. The Bertz CT molecular complexity index is 1570. The van der Waals surface area contributed by atoms with Gasteiger partial charge in [0.2, 0.25) is 5.78 Å². The molecule has 0 atom stereocenters. The molecule has 2 aliphatic rings. The maximum absolute atomic E-state index is 13.4. The highest BCUT2D eigenvalue weighted by Crippen LogP contribution is 2.43. The van der Waals surface area contributed by atoms with Crippen molar-refractivity contribution < 1.29 is 19.0 Å². The van der Waals surface area contributed by atoms with E-state index in [1.54, 1.807) is 7.11 Å². The van der Waals surface area contributed by atoms with Crippen LogP contribution in [0.25, 0.3) is 17.0 Å². The number of allylic oxidation sites excluding steroid dienone is 1. The number of hydrogen-bond acceptors (Lipinski definition) is 5. The van der Waals surface area contributed by atoms with Crippen molar-refractivity contribution in [2.45, 2.75) is 19.9 Å². The number of halogens is 1. The lowest BCUT2D eigenvalue weighted by atomic mass is 9.99. The van der Waals surface area contributed by atoms with Crippen LogP contribution in [0.3, 0.4) is 0 Å². The molecule has 6 nitrogen and oxygen atoms in total. The average Bonchev–Trinajstić information content (AvgIpc) is 3.39. The average molecular weight is 515 g/mol. The molecule has 0 bridgehead atoms. The highest BCUT2D eigenvalue weighted by molar-refractivity contribution is 6.30. The third-order valence-corrected chi connectivity index (χ3v) is 7.40. The predicted octanol–water partition coefficient (Wildman–Crippen LogP) is 6.16. The molecule has 0 amide bonds. The highest BCUT2D eigenvalue weighted by atomic mass is 35.5.